The molecule has 0 aliphatic carbocycles. The van der Waals surface area contributed by atoms with E-state index in [1.807, 2.05) is 0 Å². The van der Waals surface area contributed by atoms with Crippen LogP contribution in [0.25, 0.3) is 0 Å². The number of aromatic amines is 1. The largest absolute Gasteiger partial charge is 0.482 e. The molecule has 1 aromatic carbocycles. The van der Waals surface area contributed by atoms with Gasteiger partial charge in [-0.25, -0.2) is 4.79 Å². The van der Waals surface area contributed by atoms with Gasteiger partial charge >= 0.3 is 5.97 Å². The summed E-state index contributed by atoms with van der Waals surface area (Å²) in [4.78, 5) is 36.1. The third-order valence-corrected chi connectivity index (χ3v) is 2.54. The number of H-pyrrole nitrogens is 1. The van der Waals surface area contributed by atoms with Gasteiger partial charge in [-0.1, -0.05) is 0 Å². The van der Waals surface area contributed by atoms with Crippen molar-refractivity contribution in [2.75, 3.05) is 11.9 Å². The fraction of sp³-hybridized carbons (Fsp3) is 0.0714. The van der Waals surface area contributed by atoms with Gasteiger partial charge in [-0.2, -0.15) is 0 Å². The minimum Gasteiger partial charge on any atom is -0.482 e. The van der Waals surface area contributed by atoms with Gasteiger partial charge in [0.1, 0.15) is 11.3 Å². The van der Waals surface area contributed by atoms with Crippen molar-refractivity contribution in [2.24, 2.45) is 0 Å². The average Bonchev–Trinajstić information content (AvgIpc) is 2.47. The van der Waals surface area contributed by atoms with E-state index in [9.17, 15) is 14.4 Å². The number of carbonyl (C=O) groups is 2. The molecule has 2 rings (SSSR count). The molecular weight excluding hydrogens is 276 g/mol. The van der Waals surface area contributed by atoms with Crippen LogP contribution >= 0.6 is 0 Å². The second-order valence-corrected chi connectivity index (χ2v) is 4.07. The second-order valence-electron chi connectivity index (χ2n) is 4.07. The van der Waals surface area contributed by atoms with Crippen LogP contribution in [0.2, 0.25) is 0 Å². The average molecular weight is 288 g/mol. The molecule has 0 aliphatic heterocycles. The van der Waals surface area contributed by atoms with Crippen LogP contribution in [-0.2, 0) is 4.79 Å². The van der Waals surface area contributed by atoms with Crippen LogP contribution in [0.15, 0.2) is 47.4 Å². The van der Waals surface area contributed by atoms with Crippen molar-refractivity contribution >= 4 is 17.6 Å². The van der Waals surface area contributed by atoms with Crippen LogP contribution in [0.3, 0.4) is 0 Å². The number of hydrogen-bond acceptors (Lipinski definition) is 4. The summed E-state index contributed by atoms with van der Waals surface area (Å²) in [6.45, 7) is -0.439. The fourth-order valence-electron chi connectivity index (χ4n) is 1.58. The van der Waals surface area contributed by atoms with E-state index in [1.54, 1.807) is 18.2 Å². The highest BCUT2D eigenvalue weighted by molar-refractivity contribution is 6.03. The number of aromatic nitrogens is 1. The zero-order chi connectivity index (χ0) is 15.2. The first kappa shape index (κ1) is 14.3. The number of hydrogen-bond donors (Lipinski definition) is 3. The van der Waals surface area contributed by atoms with Gasteiger partial charge < -0.3 is 20.1 Å². The summed E-state index contributed by atoms with van der Waals surface area (Å²) in [5, 5.41) is 11.0. The molecule has 0 radical (unpaired) electrons. The minimum atomic E-state index is -1.07. The third kappa shape index (κ3) is 3.93. The van der Waals surface area contributed by atoms with Gasteiger partial charge in [0, 0.05) is 11.9 Å². The zero-order valence-corrected chi connectivity index (χ0v) is 10.8. The van der Waals surface area contributed by atoms with E-state index in [4.69, 9.17) is 9.84 Å². The van der Waals surface area contributed by atoms with Crippen molar-refractivity contribution in [3.8, 4) is 5.75 Å². The van der Waals surface area contributed by atoms with Crippen molar-refractivity contribution in [1.82, 2.24) is 4.98 Å². The predicted molar refractivity (Wildman–Crippen MR) is 74.6 cm³/mol. The molecule has 1 amide bonds. The molecule has 1 aromatic heterocycles. The van der Waals surface area contributed by atoms with Crippen LogP contribution in [0, 0.1) is 0 Å². The number of pyridine rings is 1. The summed E-state index contributed by atoms with van der Waals surface area (Å²) in [6, 6.07) is 9.11. The highest BCUT2D eigenvalue weighted by Crippen LogP contribution is 2.16. The number of carboxylic acids is 1. The number of anilines is 1. The van der Waals surface area contributed by atoms with E-state index >= 15 is 0 Å². The Morgan fingerprint density at radius 3 is 2.52 bits per heavy atom. The third-order valence-electron chi connectivity index (χ3n) is 2.54. The fourth-order valence-corrected chi connectivity index (χ4v) is 1.58. The first-order valence-electron chi connectivity index (χ1n) is 6.00. The standard InChI is InChI=1S/C14H12N2O5/c17-12(18)8-21-10-5-3-9(4-6-10)16-14(20)11-2-1-7-15-13(11)19/h1-7H,8H2,(H,15,19)(H,16,20)(H,17,18). The minimum absolute atomic E-state index is 0.00343. The van der Waals surface area contributed by atoms with E-state index in [2.05, 4.69) is 10.3 Å². The highest BCUT2D eigenvalue weighted by atomic mass is 16.5. The molecule has 0 fully saturated rings. The second kappa shape index (κ2) is 6.38. The molecule has 3 N–H and O–H groups in total. The Morgan fingerprint density at radius 2 is 1.90 bits per heavy atom. The highest BCUT2D eigenvalue weighted by Gasteiger charge is 2.09. The van der Waals surface area contributed by atoms with Crippen molar-refractivity contribution in [1.29, 1.82) is 0 Å². The summed E-state index contributed by atoms with van der Waals surface area (Å²) in [5.41, 5.74) is -0.00829. The van der Waals surface area contributed by atoms with Gasteiger partial charge in [0.15, 0.2) is 6.61 Å². The van der Waals surface area contributed by atoms with Gasteiger partial charge in [0.2, 0.25) is 0 Å². The number of nitrogens with one attached hydrogen (secondary N) is 2. The number of carboxylic acid groups (broad SMARTS) is 1. The number of carbonyl (C=O) groups excluding carboxylic acids is 1. The normalized spacial score (nSPS) is 9.90. The van der Waals surface area contributed by atoms with Crippen molar-refractivity contribution < 1.29 is 19.4 Å². The summed E-state index contributed by atoms with van der Waals surface area (Å²) in [7, 11) is 0. The molecule has 0 saturated heterocycles. The van der Waals surface area contributed by atoms with E-state index in [1.165, 1.54) is 24.4 Å². The Labute approximate surface area is 119 Å². The Kier molecular flexibility index (Phi) is 4.35. The van der Waals surface area contributed by atoms with Crippen LogP contribution in [-0.4, -0.2) is 28.6 Å². The number of amides is 1. The molecule has 1 heterocycles. The van der Waals surface area contributed by atoms with E-state index < -0.39 is 24.0 Å². The molecule has 0 atom stereocenters. The lowest BCUT2D eigenvalue weighted by atomic mass is 10.2. The lowest BCUT2D eigenvalue weighted by Gasteiger charge is -2.06. The predicted octanol–water partition coefficient (Wildman–Crippen LogP) is 1.09. The molecule has 0 aliphatic rings. The number of benzene rings is 1. The maximum Gasteiger partial charge on any atom is 0.341 e. The molecule has 7 nitrogen and oxygen atoms in total. The molecule has 108 valence electrons. The van der Waals surface area contributed by atoms with E-state index in [0.29, 0.717) is 11.4 Å². The molecule has 2 aromatic rings. The molecule has 0 unspecified atom stereocenters. The van der Waals surface area contributed by atoms with Gasteiger partial charge in [-0.05, 0) is 36.4 Å². The summed E-state index contributed by atoms with van der Waals surface area (Å²) in [5.74, 6) is -1.24. The van der Waals surface area contributed by atoms with E-state index in [-0.39, 0.29) is 5.56 Å². The smallest absolute Gasteiger partial charge is 0.341 e. The van der Waals surface area contributed by atoms with Gasteiger partial charge in [-0.15, -0.1) is 0 Å². The summed E-state index contributed by atoms with van der Waals surface area (Å²) in [6.07, 6.45) is 1.44. The zero-order valence-electron chi connectivity index (χ0n) is 10.8. The lowest BCUT2D eigenvalue weighted by Crippen LogP contribution is -2.22. The first-order valence-corrected chi connectivity index (χ1v) is 6.00. The van der Waals surface area contributed by atoms with Gasteiger partial charge in [0.05, 0.1) is 0 Å². The Hall–Kier alpha value is -3.09. The quantitative estimate of drug-likeness (QED) is 0.763. The van der Waals surface area contributed by atoms with Crippen molar-refractivity contribution in [3.63, 3.8) is 0 Å². The van der Waals surface area contributed by atoms with Crippen LogP contribution in [0.1, 0.15) is 10.4 Å². The molecule has 0 bridgehead atoms. The number of rotatable bonds is 5. The van der Waals surface area contributed by atoms with Gasteiger partial charge in [-0.3, -0.25) is 9.59 Å². The molecular formula is C14H12N2O5. The monoisotopic (exact) mass is 288 g/mol. The van der Waals surface area contributed by atoms with E-state index in [0.717, 1.165) is 0 Å². The topological polar surface area (TPSA) is 108 Å². The number of aliphatic carboxylic acids is 1. The number of ether oxygens (including phenoxy) is 1. The Bertz CT molecular complexity index is 706. The van der Waals surface area contributed by atoms with Crippen LogP contribution in [0.4, 0.5) is 5.69 Å². The van der Waals surface area contributed by atoms with Crippen LogP contribution in [0.5, 0.6) is 5.75 Å². The van der Waals surface area contributed by atoms with Crippen LogP contribution < -0.4 is 15.6 Å². The maximum absolute atomic E-state index is 11.9. The Balaban J connectivity index is 2.03. The SMILES string of the molecule is O=C(O)COc1ccc(NC(=O)c2ccc[nH]c2=O)cc1. The summed E-state index contributed by atoms with van der Waals surface area (Å²) < 4.78 is 4.96. The van der Waals surface area contributed by atoms with Crippen molar-refractivity contribution in [2.45, 2.75) is 0 Å². The molecule has 0 spiro atoms. The van der Waals surface area contributed by atoms with Gasteiger partial charge in [0.25, 0.3) is 11.5 Å². The molecule has 0 saturated carbocycles. The molecule has 21 heavy (non-hydrogen) atoms. The summed E-state index contributed by atoms with van der Waals surface area (Å²) >= 11 is 0. The lowest BCUT2D eigenvalue weighted by molar-refractivity contribution is -0.139. The maximum atomic E-state index is 11.9. The molecule has 7 heteroatoms. The van der Waals surface area contributed by atoms with Crippen molar-refractivity contribution in [3.05, 3.63) is 58.5 Å². The Morgan fingerprint density at radius 1 is 1.19 bits per heavy atom. The first-order chi connectivity index (χ1) is 10.1.